The number of hydrogen-bond acceptors (Lipinski definition) is 3. The zero-order valence-corrected chi connectivity index (χ0v) is 4.97. The van der Waals surface area contributed by atoms with Crippen LogP contribution in [0.2, 0.25) is 0 Å². The number of aliphatic hydroxyl groups excluding tert-OH is 1. The summed E-state index contributed by atoms with van der Waals surface area (Å²) in [6.45, 7) is 1.19. The fourth-order valence-electron chi connectivity index (χ4n) is 0.399. The van der Waals surface area contributed by atoms with E-state index in [1.165, 1.54) is 0 Å². The molecule has 0 bridgehead atoms. The molecule has 8 heavy (non-hydrogen) atoms. The van der Waals surface area contributed by atoms with E-state index in [0.717, 1.165) is 12.8 Å². The van der Waals surface area contributed by atoms with Crippen molar-refractivity contribution in [1.29, 1.82) is 0 Å². The molecule has 0 aromatic heterocycles. The van der Waals surface area contributed by atoms with E-state index in [2.05, 4.69) is 0 Å². The van der Waals surface area contributed by atoms with Gasteiger partial charge in [0.05, 0.1) is 6.73 Å². The Morgan fingerprint density at radius 3 is 2.62 bits per heavy atom. The van der Waals surface area contributed by atoms with Crippen molar-refractivity contribution >= 4 is 0 Å². The fraction of sp³-hybridized carbons (Fsp3) is 1.00. The Morgan fingerprint density at radius 2 is 2.12 bits per heavy atom. The van der Waals surface area contributed by atoms with Crippen molar-refractivity contribution in [2.24, 2.45) is 5.73 Å². The molecule has 0 amide bonds. The molecule has 0 radical (unpaired) electrons. The summed E-state index contributed by atoms with van der Waals surface area (Å²) in [5.41, 5.74) is 5.03. The third-order valence-electron chi connectivity index (χ3n) is 0.815. The summed E-state index contributed by atoms with van der Waals surface area (Å²) in [6.07, 6.45) is 1.70. The van der Waals surface area contributed by atoms with E-state index in [1.807, 2.05) is 0 Å². The highest BCUT2D eigenvalue weighted by Crippen LogP contribution is 1.85. The average Bonchev–Trinajstić information content (AvgIpc) is 1.81. The predicted molar refractivity (Wildman–Crippen MR) is 31.3 cm³/mol. The predicted octanol–water partition coefficient (Wildman–Crippen LogP) is -0.308. The summed E-state index contributed by atoms with van der Waals surface area (Å²) in [5, 5.41) is 8.28. The molecule has 0 atom stereocenters. The normalized spacial score (nSPS) is 9.75. The molecule has 0 fully saturated rings. The Morgan fingerprint density at radius 1 is 1.38 bits per heavy atom. The summed E-state index contributed by atoms with van der Waals surface area (Å²) < 4.78 is 4.80. The molecule has 3 N–H and O–H groups in total. The molecule has 0 rings (SSSR count). The van der Waals surface area contributed by atoms with Gasteiger partial charge in [0.2, 0.25) is 0 Å². The minimum atomic E-state index is 0.244. The molecular formula is C5H13NO2. The van der Waals surface area contributed by atoms with Crippen molar-refractivity contribution in [2.45, 2.75) is 12.8 Å². The van der Waals surface area contributed by atoms with Crippen LogP contribution >= 0.6 is 0 Å². The zero-order chi connectivity index (χ0) is 6.24. The van der Waals surface area contributed by atoms with Crippen LogP contribution in [0.1, 0.15) is 12.8 Å². The number of hydrogen-bond donors (Lipinski definition) is 2. The summed E-state index contributed by atoms with van der Waals surface area (Å²) in [5.74, 6) is 0. The molecular weight excluding hydrogens is 106 g/mol. The number of aliphatic hydroxyl groups is 1. The summed E-state index contributed by atoms with van der Waals surface area (Å²) in [7, 11) is 0. The molecule has 0 aliphatic rings. The number of nitrogens with two attached hydrogens (primary N) is 1. The van der Waals surface area contributed by atoms with Crippen molar-refractivity contribution in [3.8, 4) is 0 Å². The van der Waals surface area contributed by atoms with Gasteiger partial charge in [-0.3, -0.25) is 0 Å². The molecule has 0 unspecified atom stereocenters. The first-order valence-corrected chi connectivity index (χ1v) is 2.80. The molecule has 3 heteroatoms. The second kappa shape index (κ2) is 6.88. The van der Waals surface area contributed by atoms with Gasteiger partial charge < -0.3 is 15.6 Å². The lowest BCUT2D eigenvalue weighted by atomic mass is 10.3. The molecule has 0 heterocycles. The first-order chi connectivity index (χ1) is 3.91. The highest BCUT2D eigenvalue weighted by atomic mass is 16.5. The van der Waals surface area contributed by atoms with Gasteiger partial charge in [0, 0.05) is 13.2 Å². The second-order valence-electron chi connectivity index (χ2n) is 1.51. The molecule has 0 aromatic carbocycles. The molecule has 50 valence electrons. The molecule has 3 nitrogen and oxygen atoms in total. The summed E-state index contributed by atoms with van der Waals surface area (Å²) in [6, 6.07) is 0. The Kier molecular flexibility index (Phi) is 6.78. The molecule has 0 saturated heterocycles. The molecule has 0 aliphatic heterocycles. The van der Waals surface area contributed by atoms with Gasteiger partial charge in [-0.1, -0.05) is 0 Å². The van der Waals surface area contributed by atoms with Gasteiger partial charge in [-0.15, -0.1) is 0 Å². The number of unbranched alkanes of at least 4 members (excludes halogenated alkanes) is 1. The largest absolute Gasteiger partial charge is 0.396 e. The van der Waals surface area contributed by atoms with Crippen molar-refractivity contribution in [3.05, 3.63) is 0 Å². The van der Waals surface area contributed by atoms with Crippen LogP contribution in [0, 0.1) is 0 Å². The van der Waals surface area contributed by atoms with Crippen molar-refractivity contribution in [1.82, 2.24) is 0 Å². The van der Waals surface area contributed by atoms with Gasteiger partial charge in [0.25, 0.3) is 0 Å². The number of rotatable bonds is 5. The van der Waals surface area contributed by atoms with Crippen molar-refractivity contribution in [3.63, 3.8) is 0 Å². The minimum Gasteiger partial charge on any atom is -0.396 e. The third kappa shape index (κ3) is 5.88. The Hall–Kier alpha value is -0.120. The topological polar surface area (TPSA) is 55.5 Å². The van der Waals surface area contributed by atoms with Crippen LogP contribution in [0.25, 0.3) is 0 Å². The minimum absolute atomic E-state index is 0.244. The lowest BCUT2D eigenvalue weighted by Crippen LogP contribution is -2.05. The van der Waals surface area contributed by atoms with E-state index < -0.39 is 0 Å². The van der Waals surface area contributed by atoms with Crippen LogP contribution in [0.15, 0.2) is 0 Å². The maximum Gasteiger partial charge on any atom is 0.0940 e. The molecule has 0 aliphatic carbocycles. The average molecular weight is 119 g/mol. The lowest BCUT2D eigenvalue weighted by molar-refractivity contribution is 0.131. The SMILES string of the molecule is NCOCCCCO. The molecule has 0 saturated carbocycles. The van der Waals surface area contributed by atoms with Crippen LogP contribution in [0.5, 0.6) is 0 Å². The Labute approximate surface area is 49.4 Å². The van der Waals surface area contributed by atoms with Crippen molar-refractivity contribution in [2.75, 3.05) is 19.9 Å². The molecule has 0 spiro atoms. The van der Waals surface area contributed by atoms with Crippen LogP contribution in [-0.2, 0) is 4.74 Å². The number of ether oxygens (including phenoxy) is 1. The standard InChI is InChI=1S/C5H13NO2/c6-5-8-4-2-1-3-7/h7H,1-6H2. The highest BCUT2D eigenvalue weighted by molar-refractivity contribution is 4.33. The smallest absolute Gasteiger partial charge is 0.0940 e. The maximum absolute atomic E-state index is 8.28. The quantitative estimate of drug-likeness (QED) is 0.385. The van der Waals surface area contributed by atoms with Crippen LogP contribution in [0.4, 0.5) is 0 Å². The first kappa shape index (κ1) is 7.88. The van der Waals surface area contributed by atoms with E-state index in [-0.39, 0.29) is 13.3 Å². The first-order valence-electron chi connectivity index (χ1n) is 2.80. The van der Waals surface area contributed by atoms with Gasteiger partial charge in [-0.2, -0.15) is 0 Å². The van der Waals surface area contributed by atoms with Crippen LogP contribution < -0.4 is 5.73 Å². The molecule has 0 aromatic rings. The third-order valence-corrected chi connectivity index (χ3v) is 0.815. The van der Waals surface area contributed by atoms with Crippen LogP contribution in [0.3, 0.4) is 0 Å². The highest BCUT2D eigenvalue weighted by Gasteiger charge is 1.83. The van der Waals surface area contributed by atoms with E-state index in [4.69, 9.17) is 15.6 Å². The van der Waals surface area contributed by atoms with Gasteiger partial charge in [0.15, 0.2) is 0 Å². The second-order valence-corrected chi connectivity index (χ2v) is 1.51. The van der Waals surface area contributed by atoms with E-state index in [1.54, 1.807) is 0 Å². The van der Waals surface area contributed by atoms with E-state index >= 15 is 0 Å². The van der Waals surface area contributed by atoms with Gasteiger partial charge in [-0.25, -0.2) is 0 Å². The van der Waals surface area contributed by atoms with E-state index in [9.17, 15) is 0 Å². The summed E-state index contributed by atoms with van der Waals surface area (Å²) in [4.78, 5) is 0. The zero-order valence-electron chi connectivity index (χ0n) is 4.97. The van der Waals surface area contributed by atoms with Gasteiger partial charge >= 0.3 is 0 Å². The van der Waals surface area contributed by atoms with Gasteiger partial charge in [0.1, 0.15) is 0 Å². The lowest BCUT2D eigenvalue weighted by Gasteiger charge is -1.96. The maximum atomic E-state index is 8.28. The van der Waals surface area contributed by atoms with E-state index in [0.29, 0.717) is 6.61 Å². The van der Waals surface area contributed by atoms with Gasteiger partial charge in [-0.05, 0) is 12.8 Å². The van der Waals surface area contributed by atoms with Crippen molar-refractivity contribution < 1.29 is 9.84 Å². The summed E-state index contributed by atoms with van der Waals surface area (Å²) >= 11 is 0. The Balaban J connectivity index is 2.53. The Bertz CT molecular complexity index is 35.4. The monoisotopic (exact) mass is 119 g/mol. The fourth-order valence-corrected chi connectivity index (χ4v) is 0.399. The van der Waals surface area contributed by atoms with Crippen LogP contribution in [-0.4, -0.2) is 25.1 Å².